The summed E-state index contributed by atoms with van der Waals surface area (Å²) < 4.78 is 30.8. The Morgan fingerprint density at radius 2 is 2.24 bits per heavy atom. The van der Waals surface area contributed by atoms with Crippen LogP contribution in [-0.2, 0) is 0 Å². The molecule has 1 aromatic rings. The molecule has 0 amide bonds. The maximum atomic E-state index is 13.3. The monoisotopic (exact) mass is 308 g/mol. The van der Waals surface area contributed by atoms with Gasteiger partial charge < -0.3 is 9.84 Å². The van der Waals surface area contributed by atoms with Crippen molar-refractivity contribution in [2.24, 2.45) is 0 Å². The zero-order valence-electron chi connectivity index (χ0n) is 9.04. The van der Waals surface area contributed by atoms with Gasteiger partial charge in [0.05, 0.1) is 16.6 Å². The lowest BCUT2D eigenvalue weighted by Gasteiger charge is -2.16. The Bertz CT molecular complexity index is 419. The van der Waals surface area contributed by atoms with Crippen LogP contribution in [0.15, 0.2) is 16.6 Å². The minimum absolute atomic E-state index is 0.0742. The Balaban J connectivity index is 3.12. The van der Waals surface area contributed by atoms with E-state index >= 15 is 0 Å². The third kappa shape index (κ3) is 3.47. The molecule has 1 aromatic carbocycles. The molecule has 0 saturated carbocycles. The largest absolute Gasteiger partial charge is 0.484 e. The molecule has 0 spiro atoms. The lowest BCUT2D eigenvalue weighted by atomic mass is 10.1. The summed E-state index contributed by atoms with van der Waals surface area (Å²) in [5.74, 6) is -1.04. The minimum atomic E-state index is -1.10. The SMILES string of the molecule is CC(=O)c1cc(Br)c(F)cc1O[C@H](CO)CF. The Kier molecular flexibility index (Phi) is 5.02. The molecule has 0 radical (unpaired) electrons. The van der Waals surface area contributed by atoms with Gasteiger partial charge in [0.25, 0.3) is 0 Å². The standard InChI is InChI=1S/C11H11BrF2O3/c1-6(16)8-2-9(12)10(14)3-11(8)17-7(4-13)5-15/h2-3,7,15H,4-5H2,1H3/t7-/m0/s1. The highest BCUT2D eigenvalue weighted by Crippen LogP contribution is 2.27. The Morgan fingerprint density at radius 1 is 1.59 bits per heavy atom. The lowest BCUT2D eigenvalue weighted by molar-refractivity contribution is 0.0886. The highest BCUT2D eigenvalue weighted by atomic mass is 79.9. The van der Waals surface area contributed by atoms with Crippen LogP contribution in [0.4, 0.5) is 8.78 Å². The van der Waals surface area contributed by atoms with Crippen LogP contribution in [0.2, 0.25) is 0 Å². The molecule has 3 nitrogen and oxygen atoms in total. The number of rotatable bonds is 5. The number of hydrogen-bond donors (Lipinski definition) is 1. The van der Waals surface area contributed by atoms with E-state index in [2.05, 4.69) is 15.9 Å². The van der Waals surface area contributed by atoms with Gasteiger partial charge in [-0.05, 0) is 28.9 Å². The van der Waals surface area contributed by atoms with Crippen molar-refractivity contribution in [3.05, 3.63) is 28.0 Å². The van der Waals surface area contributed by atoms with Crippen molar-refractivity contribution in [2.75, 3.05) is 13.3 Å². The van der Waals surface area contributed by atoms with Gasteiger partial charge in [-0.15, -0.1) is 0 Å². The van der Waals surface area contributed by atoms with Gasteiger partial charge >= 0.3 is 0 Å². The van der Waals surface area contributed by atoms with E-state index in [1.807, 2.05) is 0 Å². The lowest BCUT2D eigenvalue weighted by Crippen LogP contribution is -2.24. The first-order chi connectivity index (χ1) is 7.99. The number of carbonyl (C=O) groups is 1. The highest BCUT2D eigenvalue weighted by molar-refractivity contribution is 9.10. The second-order valence-electron chi connectivity index (χ2n) is 3.40. The van der Waals surface area contributed by atoms with Crippen molar-refractivity contribution in [3.8, 4) is 5.75 Å². The van der Waals surface area contributed by atoms with Gasteiger partial charge in [-0.1, -0.05) is 0 Å². The van der Waals surface area contributed by atoms with E-state index in [0.29, 0.717) is 0 Å². The smallest absolute Gasteiger partial charge is 0.163 e. The van der Waals surface area contributed by atoms with E-state index in [-0.39, 0.29) is 21.6 Å². The van der Waals surface area contributed by atoms with Crippen molar-refractivity contribution >= 4 is 21.7 Å². The van der Waals surface area contributed by atoms with E-state index in [0.717, 1.165) is 6.07 Å². The number of ketones is 1. The zero-order chi connectivity index (χ0) is 13.0. The summed E-state index contributed by atoms with van der Waals surface area (Å²) in [6.45, 7) is -0.188. The number of Topliss-reactive ketones (excluding diaryl/α,β-unsaturated/α-hetero) is 1. The van der Waals surface area contributed by atoms with Crippen LogP contribution in [0.5, 0.6) is 5.75 Å². The van der Waals surface area contributed by atoms with Crippen LogP contribution in [0.3, 0.4) is 0 Å². The molecule has 0 unspecified atom stereocenters. The first-order valence-electron chi connectivity index (χ1n) is 4.83. The van der Waals surface area contributed by atoms with Crippen molar-refractivity contribution in [1.82, 2.24) is 0 Å². The first kappa shape index (κ1) is 14.1. The number of benzene rings is 1. The maximum Gasteiger partial charge on any atom is 0.163 e. The van der Waals surface area contributed by atoms with Crippen LogP contribution in [0.25, 0.3) is 0 Å². The van der Waals surface area contributed by atoms with Crippen LogP contribution >= 0.6 is 15.9 Å². The van der Waals surface area contributed by atoms with Gasteiger partial charge in [0.2, 0.25) is 0 Å². The molecular weight excluding hydrogens is 298 g/mol. The summed E-state index contributed by atoms with van der Waals surface area (Å²) in [6, 6.07) is 2.25. The maximum absolute atomic E-state index is 13.3. The number of hydrogen-bond acceptors (Lipinski definition) is 3. The first-order valence-corrected chi connectivity index (χ1v) is 5.62. The summed E-state index contributed by atoms with van der Waals surface area (Å²) in [5, 5.41) is 8.79. The molecule has 0 aliphatic carbocycles. The summed E-state index contributed by atoms with van der Waals surface area (Å²) >= 11 is 2.94. The predicted molar refractivity (Wildman–Crippen MR) is 61.6 cm³/mol. The molecule has 0 aromatic heterocycles. The molecule has 6 heteroatoms. The van der Waals surface area contributed by atoms with Crippen LogP contribution in [0, 0.1) is 5.82 Å². The van der Waals surface area contributed by atoms with E-state index in [1.54, 1.807) is 0 Å². The van der Waals surface area contributed by atoms with Crippen molar-refractivity contribution in [3.63, 3.8) is 0 Å². The Morgan fingerprint density at radius 3 is 2.71 bits per heavy atom. The van der Waals surface area contributed by atoms with E-state index in [9.17, 15) is 13.6 Å². The summed E-state index contributed by atoms with van der Waals surface area (Å²) in [5.41, 5.74) is 0.130. The summed E-state index contributed by atoms with van der Waals surface area (Å²) in [7, 11) is 0. The van der Waals surface area contributed by atoms with E-state index in [4.69, 9.17) is 9.84 Å². The fourth-order valence-electron chi connectivity index (χ4n) is 1.20. The van der Waals surface area contributed by atoms with Crippen molar-refractivity contribution in [2.45, 2.75) is 13.0 Å². The number of halogens is 3. The molecule has 1 atom stereocenters. The molecule has 0 bridgehead atoms. The number of ether oxygens (including phenoxy) is 1. The van der Waals surface area contributed by atoms with Gasteiger partial charge in [0, 0.05) is 6.07 Å². The molecule has 0 aliphatic heterocycles. The van der Waals surface area contributed by atoms with E-state index < -0.39 is 25.2 Å². The van der Waals surface area contributed by atoms with Gasteiger partial charge in [0.1, 0.15) is 24.3 Å². The van der Waals surface area contributed by atoms with Crippen LogP contribution in [0.1, 0.15) is 17.3 Å². The van der Waals surface area contributed by atoms with Crippen molar-refractivity contribution in [1.29, 1.82) is 0 Å². The predicted octanol–water partition coefficient (Wildman–Crippen LogP) is 2.50. The zero-order valence-corrected chi connectivity index (χ0v) is 10.6. The van der Waals surface area contributed by atoms with Crippen molar-refractivity contribution < 1.29 is 23.4 Å². The molecule has 1 rings (SSSR count). The molecule has 94 valence electrons. The van der Waals surface area contributed by atoms with Gasteiger partial charge in [0.15, 0.2) is 5.78 Å². The number of carbonyl (C=O) groups excluding carboxylic acids is 1. The second-order valence-corrected chi connectivity index (χ2v) is 4.25. The normalized spacial score (nSPS) is 12.3. The van der Waals surface area contributed by atoms with Gasteiger partial charge in [-0.3, -0.25) is 4.79 Å². The van der Waals surface area contributed by atoms with Gasteiger partial charge in [-0.25, -0.2) is 8.78 Å². The third-order valence-electron chi connectivity index (χ3n) is 2.07. The molecule has 0 aliphatic rings. The summed E-state index contributed by atoms with van der Waals surface area (Å²) in [4.78, 5) is 11.3. The minimum Gasteiger partial charge on any atom is -0.484 e. The molecular formula is C11H11BrF2O3. The number of aliphatic hydroxyl groups excluding tert-OH is 1. The average Bonchev–Trinajstić information content (AvgIpc) is 2.29. The molecule has 0 heterocycles. The summed E-state index contributed by atoms with van der Waals surface area (Å²) in [6.07, 6.45) is -1.10. The second kappa shape index (κ2) is 6.07. The quantitative estimate of drug-likeness (QED) is 0.850. The number of aliphatic hydroxyl groups is 1. The Labute approximate surface area is 106 Å². The molecule has 17 heavy (non-hydrogen) atoms. The van der Waals surface area contributed by atoms with Gasteiger partial charge in [-0.2, -0.15) is 0 Å². The third-order valence-corrected chi connectivity index (χ3v) is 2.68. The number of alkyl halides is 1. The fraction of sp³-hybridized carbons (Fsp3) is 0.364. The highest BCUT2D eigenvalue weighted by Gasteiger charge is 2.17. The molecule has 1 N–H and O–H groups in total. The topological polar surface area (TPSA) is 46.5 Å². The van der Waals surface area contributed by atoms with Crippen LogP contribution in [-0.4, -0.2) is 30.3 Å². The fourth-order valence-corrected chi connectivity index (χ4v) is 1.54. The van der Waals surface area contributed by atoms with Crippen LogP contribution < -0.4 is 4.74 Å². The molecule has 0 saturated heterocycles. The average molecular weight is 309 g/mol. The van der Waals surface area contributed by atoms with E-state index in [1.165, 1.54) is 13.0 Å². The Hall–Kier alpha value is -1.01. The molecule has 0 fully saturated rings.